The molecule has 1 unspecified atom stereocenters. The van der Waals surface area contributed by atoms with Crippen LogP contribution in [0, 0.1) is 0 Å². The average Bonchev–Trinajstić information content (AvgIpc) is 2.03. The first kappa shape index (κ1) is 12.1. The van der Waals surface area contributed by atoms with Gasteiger partial charge in [-0.1, -0.05) is 31.9 Å². The Balaban J connectivity index is 3.75. The van der Waals surface area contributed by atoms with E-state index in [4.69, 9.17) is 0 Å². The fourth-order valence-corrected chi connectivity index (χ4v) is 1.82. The Hall–Kier alpha value is 0.1000. The van der Waals surface area contributed by atoms with E-state index in [0.717, 1.165) is 0 Å². The highest BCUT2D eigenvalue weighted by Crippen LogP contribution is 2.09. The van der Waals surface area contributed by atoms with Crippen molar-refractivity contribution in [3.8, 4) is 0 Å². The fourth-order valence-electron chi connectivity index (χ4n) is 0.564. The van der Waals surface area contributed by atoms with Crippen LogP contribution in [0.4, 0.5) is 0 Å². The summed E-state index contributed by atoms with van der Waals surface area (Å²) in [6, 6.07) is 0. The van der Waals surface area contributed by atoms with Gasteiger partial charge >= 0.3 is 5.97 Å². The van der Waals surface area contributed by atoms with Crippen LogP contribution < -0.4 is 0 Å². The Morgan fingerprint density at radius 3 is 2.50 bits per heavy atom. The highest BCUT2D eigenvalue weighted by Gasteiger charge is 2.17. The van der Waals surface area contributed by atoms with E-state index < -0.39 is 4.83 Å². The van der Waals surface area contributed by atoms with Crippen molar-refractivity contribution in [1.29, 1.82) is 0 Å². The van der Waals surface area contributed by atoms with Crippen LogP contribution in [0.3, 0.4) is 0 Å². The van der Waals surface area contributed by atoms with E-state index in [-0.39, 0.29) is 23.5 Å². The number of hydrogen-bond acceptors (Lipinski definition) is 3. The molecule has 0 aliphatic rings. The van der Waals surface area contributed by atoms with Crippen molar-refractivity contribution in [3.05, 3.63) is 0 Å². The zero-order valence-electron chi connectivity index (χ0n) is 6.68. The van der Waals surface area contributed by atoms with E-state index in [2.05, 4.69) is 36.6 Å². The molecule has 0 bridgehead atoms. The first-order chi connectivity index (χ1) is 5.61. The summed E-state index contributed by atoms with van der Waals surface area (Å²) in [6.45, 7) is 2.08. The molecule has 0 radical (unpaired) electrons. The Bertz CT molecular complexity index is 170. The highest BCUT2D eigenvalue weighted by molar-refractivity contribution is 9.10. The third kappa shape index (κ3) is 4.87. The molecular formula is C7H10Br2O3. The summed E-state index contributed by atoms with van der Waals surface area (Å²) in [5, 5.41) is 0.252. The molecule has 0 fully saturated rings. The van der Waals surface area contributed by atoms with Gasteiger partial charge in [0, 0.05) is 0 Å². The minimum absolute atomic E-state index is 0.0527. The minimum Gasteiger partial charge on any atom is -0.466 e. The number of carbonyl (C=O) groups is 2. The molecule has 0 aromatic heterocycles. The number of Topliss-reactive ketones (excluding diaryl/α,β-unsaturated/α-hetero) is 1. The van der Waals surface area contributed by atoms with Crippen molar-refractivity contribution >= 4 is 43.6 Å². The lowest BCUT2D eigenvalue weighted by Crippen LogP contribution is -2.20. The molecule has 0 aromatic rings. The molecule has 3 nitrogen and oxygen atoms in total. The molecule has 0 spiro atoms. The first-order valence-electron chi connectivity index (χ1n) is 3.50. The zero-order valence-corrected chi connectivity index (χ0v) is 9.85. The van der Waals surface area contributed by atoms with Gasteiger partial charge in [0.15, 0.2) is 5.78 Å². The van der Waals surface area contributed by atoms with E-state index in [1.807, 2.05) is 0 Å². The highest BCUT2D eigenvalue weighted by atomic mass is 79.9. The monoisotopic (exact) mass is 300 g/mol. The van der Waals surface area contributed by atoms with Gasteiger partial charge in [0.05, 0.1) is 23.2 Å². The van der Waals surface area contributed by atoms with Gasteiger partial charge < -0.3 is 4.74 Å². The van der Waals surface area contributed by atoms with Gasteiger partial charge in [0.25, 0.3) is 0 Å². The molecule has 0 heterocycles. The number of carbonyl (C=O) groups excluding carboxylic acids is 2. The Labute approximate surface area is 88.1 Å². The lowest BCUT2D eigenvalue weighted by Gasteiger charge is -2.05. The maximum absolute atomic E-state index is 10.9. The maximum atomic E-state index is 10.9. The topological polar surface area (TPSA) is 43.4 Å². The van der Waals surface area contributed by atoms with Crippen molar-refractivity contribution in [2.45, 2.75) is 18.2 Å². The summed E-state index contributed by atoms with van der Waals surface area (Å²) >= 11 is 6.11. The van der Waals surface area contributed by atoms with Crippen LogP contribution in [-0.4, -0.2) is 28.5 Å². The smallest absolute Gasteiger partial charge is 0.307 e. The third-order valence-corrected chi connectivity index (χ3v) is 2.52. The quantitative estimate of drug-likeness (QED) is 0.573. The van der Waals surface area contributed by atoms with Crippen molar-refractivity contribution in [2.75, 3.05) is 11.9 Å². The van der Waals surface area contributed by atoms with Crippen LogP contribution >= 0.6 is 31.9 Å². The van der Waals surface area contributed by atoms with Crippen LogP contribution in [0.1, 0.15) is 13.3 Å². The van der Waals surface area contributed by atoms with Crippen LogP contribution in [0.2, 0.25) is 0 Å². The zero-order chi connectivity index (χ0) is 9.56. The molecule has 0 aliphatic carbocycles. The third-order valence-electron chi connectivity index (χ3n) is 1.13. The average molecular weight is 302 g/mol. The van der Waals surface area contributed by atoms with Crippen molar-refractivity contribution in [3.63, 3.8) is 0 Å². The molecule has 1 atom stereocenters. The molecule has 0 aromatic carbocycles. The summed E-state index contributed by atoms with van der Waals surface area (Å²) in [5.41, 5.74) is 0. The van der Waals surface area contributed by atoms with Gasteiger partial charge in [-0.15, -0.1) is 0 Å². The number of rotatable bonds is 5. The normalized spacial score (nSPS) is 12.2. The standard InChI is InChI=1S/C7H10Br2O3/c1-2-12-7(11)3-5(9)6(10)4-8/h5H,2-4H2,1H3. The predicted octanol–water partition coefficient (Wildman–Crippen LogP) is 1.67. The van der Waals surface area contributed by atoms with Crippen molar-refractivity contribution in [2.24, 2.45) is 0 Å². The number of alkyl halides is 2. The lowest BCUT2D eigenvalue weighted by atomic mass is 10.2. The second kappa shape index (κ2) is 6.60. The summed E-state index contributed by atoms with van der Waals surface area (Å²) in [7, 11) is 0. The summed E-state index contributed by atoms with van der Waals surface area (Å²) in [5.74, 6) is -0.406. The number of halogens is 2. The Morgan fingerprint density at radius 2 is 2.08 bits per heavy atom. The second-order valence-electron chi connectivity index (χ2n) is 2.08. The lowest BCUT2D eigenvalue weighted by molar-refractivity contribution is -0.143. The van der Waals surface area contributed by atoms with Crippen LogP contribution in [-0.2, 0) is 14.3 Å². The van der Waals surface area contributed by atoms with Crippen molar-refractivity contribution in [1.82, 2.24) is 0 Å². The van der Waals surface area contributed by atoms with Gasteiger partial charge in [0.2, 0.25) is 0 Å². The van der Waals surface area contributed by atoms with Gasteiger partial charge in [0.1, 0.15) is 0 Å². The Morgan fingerprint density at radius 1 is 1.50 bits per heavy atom. The van der Waals surface area contributed by atoms with Crippen molar-refractivity contribution < 1.29 is 14.3 Å². The number of ether oxygens (including phenoxy) is 1. The molecule has 0 amide bonds. The molecule has 0 saturated carbocycles. The van der Waals surface area contributed by atoms with E-state index in [1.165, 1.54) is 0 Å². The van der Waals surface area contributed by atoms with Gasteiger partial charge in [-0.2, -0.15) is 0 Å². The van der Waals surface area contributed by atoms with Gasteiger partial charge in [-0.05, 0) is 6.92 Å². The van der Waals surface area contributed by atoms with E-state index >= 15 is 0 Å². The van der Waals surface area contributed by atoms with Crippen LogP contribution in [0.25, 0.3) is 0 Å². The molecule has 12 heavy (non-hydrogen) atoms. The molecular weight excluding hydrogens is 292 g/mol. The minimum atomic E-state index is -0.434. The molecule has 0 saturated heterocycles. The molecule has 0 aliphatic heterocycles. The largest absolute Gasteiger partial charge is 0.466 e. The van der Waals surface area contributed by atoms with Crippen LogP contribution in [0.15, 0.2) is 0 Å². The molecule has 0 rings (SSSR count). The van der Waals surface area contributed by atoms with Crippen LogP contribution in [0.5, 0.6) is 0 Å². The summed E-state index contributed by atoms with van der Waals surface area (Å²) in [6.07, 6.45) is 0.0955. The summed E-state index contributed by atoms with van der Waals surface area (Å²) < 4.78 is 4.67. The number of hydrogen-bond donors (Lipinski definition) is 0. The van der Waals surface area contributed by atoms with E-state index in [1.54, 1.807) is 6.92 Å². The molecule has 0 N–H and O–H groups in total. The SMILES string of the molecule is CCOC(=O)CC(Br)C(=O)CBr. The second-order valence-corrected chi connectivity index (χ2v) is 3.74. The number of esters is 1. The number of ketones is 1. The Kier molecular flexibility index (Phi) is 6.65. The fraction of sp³-hybridized carbons (Fsp3) is 0.714. The molecule has 70 valence electrons. The predicted molar refractivity (Wildman–Crippen MR) is 52.8 cm³/mol. The molecule has 5 heteroatoms. The first-order valence-corrected chi connectivity index (χ1v) is 5.53. The maximum Gasteiger partial charge on any atom is 0.307 e. The van der Waals surface area contributed by atoms with Gasteiger partial charge in [-0.3, -0.25) is 9.59 Å². The van der Waals surface area contributed by atoms with E-state index in [9.17, 15) is 9.59 Å². The van der Waals surface area contributed by atoms with E-state index in [0.29, 0.717) is 6.61 Å². The van der Waals surface area contributed by atoms with Gasteiger partial charge in [-0.25, -0.2) is 0 Å². The summed E-state index contributed by atoms with van der Waals surface area (Å²) in [4.78, 5) is 21.4.